The Kier molecular flexibility index (Phi) is 4.66. The van der Waals surface area contributed by atoms with Crippen molar-refractivity contribution in [3.8, 4) is 5.75 Å². The van der Waals surface area contributed by atoms with E-state index in [2.05, 4.69) is 6.58 Å². The average Bonchev–Trinajstić information content (AvgIpc) is 2.35. The molecule has 1 aromatic rings. The van der Waals surface area contributed by atoms with Gasteiger partial charge in [0.1, 0.15) is 6.61 Å². The lowest BCUT2D eigenvalue weighted by Crippen LogP contribution is -2.10. The van der Waals surface area contributed by atoms with E-state index in [0.29, 0.717) is 12.1 Å². The molecule has 0 fully saturated rings. The molecular formula is C12H16N2O3. The molecule has 1 aromatic carbocycles. The minimum atomic E-state index is -0.445. The van der Waals surface area contributed by atoms with Gasteiger partial charge in [0.2, 0.25) is 0 Å². The maximum absolute atomic E-state index is 10.9. The molecule has 0 aliphatic heterocycles. The van der Waals surface area contributed by atoms with E-state index >= 15 is 0 Å². The van der Waals surface area contributed by atoms with Crippen LogP contribution in [0.5, 0.6) is 5.75 Å². The standard InChI is InChI=1S/C12H16N2O3/c1-3-10-4-5-12(11(6-10)14(15)16)17-8-9(2)7-13/h4-6H,2-3,7-8,13H2,1H3. The lowest BCUT2D eigenvalue weighted by molar-refractivity contribution is -0.385. The van der Waals surface area contributed by atoms with Gasteiger partial charge in [0.05, 0.1) is 4.92 Å². The second-order valence-electron chi connectivity index (χ2n) is 3.66. The summed E-state index contributed by atoms with van der Waals surface area (Å²) in [6.07, 6.45) is 0.747. The number of hydrogen-bond acceptors (Lipinski definition) is 4. The predicted octanol–water partition coefficient (Wildman–Crippen LogP) is 2.05. The van der Waals surface area contributed by atoms with Crippen LogP contribution in [0.15, 0.2) is 30.4 Å². The van der Waals surface area contributed by atoms with Crippen molar-refractivity contribution in [1.29, 1.82) is 0 Å². The Hall–Kier alpha value is -1.88. The zero-order chi connectivity index (χ0) is 12.8. The maximum Gasteiger partial charge on any atom is 0.311 e. The van der Waals surface area contributed by atoms with Crippen LogP contribution in [-0.2, 0) is 6.42 Å². The van der Waals surface area contributed by atoms with E-state index in [4.69, 9.17) is 10.5 Å². The normalized spacial score (nSPS) is 10.0. The van der Waals surface area contributed by atoms with E-state index in [9.17, 15) is 10.1 Å². The molecular weight excluding hydrogens is 220 g/mol. The van der Waals surface area contributed by atoms with Gasteiger partial charge < -0.3 is 10.5 Å². The molecule has 1 rings (SSSR count). The monoisotopic (exact) mass is 236 g/mol. The summed E-state index contributed by atoms with van der Waals surface area (Å²) in [6.45, 7) is 6.12. The van der Waals surface area contributed by atoms with Gasteiger partial charge in [-0.3, -0.25) is 10.1 Å². The van der Waals surface area contributed by atoms with E-state index in [-0.39, 0.29) is 18.0 Å². The van der Waals surface area contributed by atoms with Crippen LogP contribution in [0.4, 0.5) is 5.69 Å². The molecule has 17 heavy (non-hydrogen) atoms. The van der Waals surface area contributed by atoms with E-state index in [0.717, 1.165) is 12.0 Å². The Morgan fingerprint density at radius 1 is 1.59 bits per heavy atom. The van der Waals surface area contributed by atoms with Crippen LogP contribution >= 0.6 is 0 Å². The highest BCUT2D eigenvalue weighted by molar-refractivity contribution is 5.48. The molecule has 0 unspecified atom stereocenters. The molecule has 0 aliphatic rings. The number of nitrogens with zero attached hydrogens (tertiary/aromatic N) is 1. The van der Waals surface area contributed by atoms with Crippen molar-refractivity contribution < 1.29 is 9.66 Å². The Morgan fingerprint density at radius 3 is 2.82 bits per heavy atom. The SMILES string of the molecule is C=C(CN)COc1ccc(CC)cc1[N+](=O)[O-]. The van der Waals surface area contributed by atoms with Crippen LogP contribution in [0.25, 0.3) is 0 Å². The van der Waals surface area contributed by atoms with E-state index in [1.165, 1.54) is 6.07 Å². The molecule has 0 saturated carbocycles. The van der Waals surface area contributed by atoms with Crippen molar-refractivity contribution in [2.75, 3.05) is 13.2 Å². The van der Waals surface area contributed by atoms with Gasteiger partial charge in [-0.05, 0) is 23.6 Å². The van der Waals surface area contributed by atoms with E-state index < -0.39 is 4.92 Å². The number of benzene rings is 1. The summed E-state index contributed by atoms with van der Waals surface area (Å²) >= 11 is 0. The third-order valence-electron chi connectivity index (χ3n) is 2.35. The number of nitro groups is 1. The third kappa shape index (κ3) is 3.57. The molecule has 0 radical (unpaired) electrons. The summed E-state index contributed by atoms with van der Waals surface area (Å²) < 4.78 is 5.33. The molecule has 2 N–H and O–H groups in total. The van der Waals surface area contributed by atoms with Crippen LogP contribution in [0.2, 0.25) is 0 Å². The molecule has 0 heterocycles. The first-order valence-corrected chi connectivity index (χ1v) is 5.35. The van der Waals surface area contributed by atoms with E-state index in [1.807, 2.05) is 13.0 Å². The Bertz CT molecular complexity index is 430. The number of ether oxygens (including phenoxy) is 1. The van der Waals surface area contributed by atoms with Crippen molar-refractivity contribution in [2.45, 2.75) is 13.3 Å². The molecule has 0 saturated heterocycles. The highest BCUT2D eigenvalue weighted by Gasteiger charge is 2.15. The predicted molar refractivity (Wildman–Crippen MR) is 66.2 cm³/mol. The first-order chi connectivity index (χ1) is 8.08. The molecule has 0 aromatic heterocycles. The topological polar surface area (TPSA) is 78.4 Å². The molecule has 5 heteroatoms. The fourth-order valence-electron chi connectivity index (χ4n) is 1.29. The maximum atomic E-state index is 10.9. The third-order valence-corrected chi connectivity index (χ3v) is 2.35. The Balaban J connectivity index is 2.90. The molecule has 0 aliphatic carbocycles. The summed E-state index contributed by atoms with van der Waals surface area (Å²) in [5.41, 5.74) is 6.94. The van der Waals surface area contributed by atoms with E-state index in [1.54, 1.807) is 6.07 Å². The van der Waals surface area contributed by atoms with Crippen molar-refractivity contribution in [2.24, 2.45) is 5.73 Å². The fraction of sp³-hybridized carbons (Fsp3) is 0.333. The molecule has 0 amide bonds. The van der Waals surface area contributed by atoms with Crippen LogP contribution in [0.1, 0.15) is 12.5 Å². The summed E-state index contributed by atoms with van der Waals surface area (Å²) in [7, 11) is 0. The smallest absolute Gasteiger partial charge is 0.311 e. The summed E-state index contributed by atoms with van der Waals surface area (Å²) in [5.74, 6) is 0.252. The number of nitro benzene ring substituents is 1. The molecule has 0 spiro atoms. The molecule has 92 valence electrons. The first kappa shape index (κ1) is 13.2. The molecule has 0 atom stereocenters. The number of aryl methyl sites for hydroxylation is 1. The van der Waals surface area contributed by atoms with Crippen LogP contribution in [-0.4, -0.2) is 18.1 Å². The van der Waals surface area contributed by atoms with Gasteiger partial charge in [0, 0.05) is 12.6 Å². The second-order valence-corrected chi connectivity index (χ2v) is 3.66. The average molecular weight is 236 g/mol. The number of nitrogens with two attached hydrogens (primary N) is 1. The lowest BCUT2D eigenvalue weighted by Gasteiger charge is -2.08. The molecule has 5 nitrogen and oxygen atoms in total. The fourth-order valence-corrected chi connectivity index (χ4v) is 1.29. The van der Waals surface area contributed by atoms with Crippen LogP contribution < -0.4 is 10.5 Å². The van der Waals surface area contributed by atoms with Gasteiger partial charge in [-0.2, -0.15) is 0 Å². The quantitative estimate of drug-likeness (QED) is 0.466. The number of hydrogen-bond donors (Lipinski definition) is 1. The van der Waals surface area contributed by atoms with Crippen molar-refractivity contribution in [1.82, 2.24) is 0 Å². The summed E-state index contributed by atoms with van der Waals surface area (Å²) in [6, 6.07) is 4.95. The van der Waals surface area contributed by atoms with Crippen molar-refractivity contribution in [3.05, 3.63) is 46.0 Å². The van der Waals surface area contributed by atoms with Gasteiger partial charge in [-0.25, -0.2) is 0 Å². The van der Waals surface area contributed by atoms with Gasteiger partial charge in [0.25, 0.3) is 0 Å². The van der Waals surface area contributed by atoms with Gasteiger partial charge in [-0.15, -0.1) is 0 Å². The van der Waals surface area contributed by atoms with Crippen molar-refractivity contribution in [3.63, 3.8) is 0 Å². The first-order valence-electron chi connectivity index (χ1n) is 5.35. The largest absolute Gasteiger partial charge is 0.482 e. The van der Waals surface area contributed by atoms with Crippen LogP contribution in [0.3, 0.4) is 0 Å². The molecule has 0 bridgehead atoms. The van der Waals surface area contributed by atoms with Gasteiger partial charge >= 0.3 is 5.69 Å². The highest BCUT2D eigenvalue weighted by Crippen LogP contribution is 2.28. The summed E-state index contributed by atoms with van der Waals surface area (Å²) in [5, 5.41) is 10.9. The van der Waals surface area contributed by atoms with Crippen molar-refractivity contribution >= 4 is 5.69 Å². The Labute approximate surface area is 100 Å². The lowest BCUT2D eigenvalue weighted by atomic mass is 10.1. The minimum absolute atomic E-state index is 0.0193. The summed E-state index contributed by atoms with van der Waals surface area (Å²) in [4.78, 5) is 10.4. The zero-order valence-corrected chi connectivity index (χ0v) is 9.81. The van der Waals surface area contributed by atoms with Crippen LogP contribution in [0, 0.1) is 10.1 Å². The minimum Gasteiger partial charge on any atom is -0.482 e. The highest BCUT2D eigenvalue weighted by atomic mass is 16.6. The number of rotatable bonds is 6. The van der Waals surface area contributed by atoms with Gasteiger partial charge in [-0.1, -0.05) is 19.6 Å². The second kappa shape index (κ2) is 6.00. The Morgan fingerprint density at radius 2 is 2.29 bits per heavy atom. The van der Waals surface area contributed by atoms with Gasteiger partial charge in [0.15, 0.2) is 5.75 Å². The zero-order valence-electron chi connectivity index (χ0n) is 9.81.